The van der Waals surface area contributed by atoms with E-state index in [1.165, 1.54) is 13.0 Å². The molecule has 1 rings (SSSR count). The lowest BCUT2D eigenvalue weighted by Gasteiger charge is -2.19. The number of alkyl halides is 3. The van der Waals surface area contributed by atoms with Crippen molar-refractivity contribution in [3.05, 3.63) is 23.7 Å². The average Bonchev–Trinajstić information content (AvgIpc) is 2.61. The predicted octanol–water partition coefficient (Wildman–Crippen LogP) is 1.72. The first kappa shape index (κ1) is 14.1. The quantitative estimate of drug-likeness (QED) is 0.868. The van der Waals surface area contributed by atoms with Gasteiger partial charge in [-0.15, -0.1) is 0 Å². The molecule has 8 heteroatoms. The lowest BCUT2D eigenvalue weighted by atomic mass is 10.2. The summed E-state index contributed by atoms with van der Waals surface area (Å²) in [4.78, 5) is 21.7. The van der Waals surface area contributed by atoms with E-state index in [9.17, 15) is 22.8 Å². The number of carboxylic acid groups (broad SMARTS) is 1. The second kappa shape index (κ2) is 5.11. The number of amides is 1. The number of halogens is 3. The molecule has 0 spiro atoms. The third kappa shape index (κ3) is 3.79. The van der Waals surface area contributed by atoms with Crippen LogP contribution in [-0.4, -0.2) is 29.2 Å². The van der Waals surface area contributed by atoms with E-state index in [0.717, 1.165) is 6.26 Å². The van der Waals surface area contributed by atoms with Gasteiger partial charge in [-0.05, 0) is 13.0 Å². The van der Waals surface area contributed by atoms with Crippen molar-refractivity contribution < 1.29 is 32.3 Å². The van der Waals surface area contributed by atoms with Crippen LogP contribution >= 0.6 is 0 Å². The van der Waals surface area contributed by atoms with Crippen LogP contribution in [0.25, 0.3) is 0 Å². The maximum Gasteiger partial charge on any atom is 0.409 e. The zero-order chi connectivity index (χ0) is 13.9. The highest BCUT2D eigenvalue weighted by Crippen LogP contribution is 2.23. The fourth-order valence-electron chi connectivity index (χ4n) is 1.23. The molecule has 0 bridgehead atoms. The molecule has 0 aliphatic rings. The number of aryl methyl sites for hydroxylation is 1. The molecule has 0 radical (unpaired) electrons. The van der Waals surface area contributed by atoms with Crippen LogP contribution in [-0.2, 0) is 4.79 Å². The summed E-state index contributed by atoms with van der Waals surface area (Å²) in [7, 11) is 0. The number of hydrogen-bond donors (Lipinski definition) is 2. The van der Waals surface area contributed by atoms with Crippen LogP contribution in [0.5, 0.6) is 0 Å². The highest BCUT2D eigenvalue weighted by Gasteiger charge is 2.42. The van der Waals surface area contributed by atoms with E-state index in [1.807, 2.05) is 0 Å². The Kier molecular flexibility index (Phi) is 4.00. The Bertz CT molecular complexity index is 452. The number of furan rings is 1. The molecule has 0 aliphatic carbocycles. The summed E-state index contributed by atoms with van der Waals surface area (Å²) in [5.41, 5.74) is -0.0906. The summed E-state index contributed by atoms with van der Waals surface area (Å²) >= 11 is 0. The Hall–Kier alpha value is -1.99. The highest BCUT2D eigenvalue weighted by molar-refractivity contribution is 5.94. The van der Waals surface area contributed by atoms with Crippen molar-refractivity contribution in [2.75, 3.05) is 0 Å². The smallest absolute Gasteiger partial charge is 0.409 e. The van der Waals surface area contributed by atoms with E-state index < -0.39 is 30.5 Å². The number of carbonyl (C=O) groups is 2. The summed E-state index contributed by atoms with van der Waals surface area (Å²) in [6.07, 6.45) is -5.06. The molecule has 0 aliphatic heterocycles. The number of rotatable bonds is 4. The first-order valence-electron chi connectivity index (χ1n) is 4.84. The lowest BCUT2D eigenvalue weighted by molar-refractivity contribution is -0.165. The summed E-state index contributed by atoms with van der Waals surface area (Å²) in [6.45, 7) is 1.52. The Morgan fingerprint density at radius 1 is 1.50 bits per heavy atom. The van der Waals surface area contributed by atoms with E-state index in [0.29, 0.717) is 5.76 Å². The van der Waals surface area contributed by atoms with Gasteiger partial charge >= 0.3 is 12.1 Å². The normalized spacial score (nSPS) is 13.1. The predicted molar refractivity (Wildman–Crippen MR) is 53.0 cm³/mol. The molecule has 1 amide bonds. The van der Waals surface area contributed by atoms with Crippen molar-refractivity contribution in [2.45, 2.75) is 25.6 Å². The van der Waals surface area contributed by atoms with Crippen LogP contribution in [0.2, 0.25) is 0 Å². The second-order valence-corrected chi connectivity index (χ2v) is 3.61. The number of aliphatic carboxylic acids is 1. The van der Waals surface area contributed by atoms with Gasteiger partial charge in [-0.25, -0.2) is 0 Å². The minimum atomic E-state index is -4.83. The monoisotopic (exact) mass is 265 g/mol. The molecular formula is C10H10F3NO4. The van der Waals surface area contributed by atoms with Crippen LogP contribution in [0, 0.1) is 6.92 Å². The lowest BCUT2D eigenvalue weighted by Crippen LogP contribution is -2.46. The van der Waals surface area contributed by atoms with Gasteiger partial charge in [0, 0.05) is 0 Å². The topological polar surface area (TPSA) is 79.5 Å². The van der Waals surface area contributed by atoms with Crippen molar-refractivity contribution in [2.24, 2.45) is 0 Å². The fraction of sp³-hybridized carbons (Fsp3) is 0.400. The first-order chi connectivity index (χ1) is 8.20. The Balaban J connectivity index is 2.78. The minimum absolute atomic E-state index is 0.0906. The molecule has 0 fully saturated rings. The van der Waals surface area contributed by atoms with Crippen LogP contribution in [0.4, 0.5) is 13.2 Å². The van der Waals surface area contributed by atoms with Crippen LogP contribution in [0.3, 0.4) is 0 Å². The van der Waals surface area contributed by atoms with Crippen LogP contribution in [0.1, 0.15) is 22.5 Å². The molecule has 5 nitrogen and oxygen atoms in total. The number of carboxylic acids is 1. The summed E-state index contributed by atoms with van der Waals surface area (Å²) < 4.78 is 42.2. The van der Waals surface area contributed by atoms with Gasteiger partial charge in [0.25, 0.3) is 5.91 Å². The molecule has 0 saturated carbocycles. The van der Waals surface area contributed by atoms with Crippen LogP contribution < -0.4 is 5.32 Å². The largest absolute Gasteiger partial charge is 0.481 e. The van der Waals surface area contributed by atoms with E-state index in [2.05, 4.69) is 0 Å². The number of carbonyl (C=O) groups excluding carboxylic acids is 1. The molecule has 0 saturated heterocycles. The van der Waals surface area contributed by atoms with Gasteiger partial charge in [0.05, 0.1) is 12.0 Å². The summed E-state index contributed by atoms with van der Waals surface area (Å²) in [5.74, 6) is -2.32. The van der Waals surface area contributed by atoms with Crippen molar-refractivity contribution in [3.8, 4) is 0 Å². The van der Waals surface area contributed by atoms with Gasteiger partial charge in [0.2, 0.25) is 0 Å². The van der Waals surface area contributed by atoms with E-state index in [-0.39, 0.29) is 5.56 Å². The molecule has 1 aromatic heterocycles. The maximum absolute atomic E-state index is 12.5. The van der Waals surface area contributed by atoms with Crippen LogP contribution in [0.15, 0.2) is 16.7 Å². The van der Waals surface area contributed by atoms with E-state index in [1.54, 1.807) is 5.32 Å². The van der Waals surface area contributed by atoms with E-state index in [4.69, 9.17) is 9.52 Å². The summed E-state index contributed by atoms with van der Waals surface area (Å²) in [5, 5.41) is 9.98. The molecule has 2 N–H and O–H groups in total. The molecule has 100 valence electrons. The fourth-order valence-corrected chi connectivity index (χ4v) is 1.23. The molecule has 1 unspecified atom stereocenters. The Morgan fingerprint density at radius 2 is 2.11 bits per heavy atom. The third-order valence-electron chi connectivity index (χ3n) is 2.07. The molecular weight excluding hydrogens is 255 g/mol. The molecule has 0 aromatic carbocycles. The average molecular weight is 265 g/mol. The van der Waals surface area contributed by atoms with Crippen molar-refractivity contribution in [1.29, 1.82) is 0 Å². The van der Waals surface area contributed by atoms with Gasteiger partial charge in [-0.1, -0.05) is 0 Å². The SMILES string of the molecule is Cc1cc(C(=O)NC(CC(=O)O)C(F)(F)F)co1. The van der Waals surface area contributed by atoms with E-state index >= 15 is 0 Å². The third-order valence-corrected chi connectivity index (χ3v) is 2.07. The molecule has 18 heavy (non-hydrogen) atoms. The Morgan fingerprint density at radius 3 is 2.50 bits per heavy atom. The standard InChI is InChI=1S/C10H10F3NO4/c1-5-2-6(4-18-5)9(17)14-7(3-8(15)16)10(11,12)13/h2,4,7H,3H2,1H3,(H,14,17)(H,15,16). The second-order valence-electron chi connectivity index (χ2n) is 3.61. The van der Waals surface area contributed by atoms with Gasteiger partial charge in [-0.2, -0.15) is 13.2 Å². The van der Waals surface area contributed by atoms with Crippen molar-refractivity contribution in [1.82, 2.24) is 5.32 Å². The highest BCUT2D eigenvalue weighted by atomic mass is 19.4. The molecule has 1 aromatic rings. The zero-order valence-corrected chi connectivity index (χ0v) is 9.25. The zero-order valence-electron chi connectivity index (χ0n) is 9.25. The Labute approximate surface area is 99.6 Å². The first-order valence-corrected chi connectivity index (χ1v) is 4.84. The van der Waals surface area contributed by atoms with Gasteiger partial charge in [0.15, 0.2) is 0 Å². The molecule has 1 atom stereocenters. The van der Waals surface area contributed by atoms with Gasteiger partial charge < -0.3 is 14.8 Å². The van der Waals surface area contributed by atoms with Gasteiger partial charge in [0.1, 0.15) is 18.1 Å². The number of hydrogen-bond acceptors (Lipinski definition) is 3. The maximum atomic E-state index is 12.5. The van der Waals surface area contributed by atoms with Crippen molar-refractivity contribution >= 4 is 11.9 Å². The van der Waals surface area contributed by atoms with Crippen molar-refractivity contribution in [3.63, 3.8) is 0 Å². The molecule has 1 heterocycles. The minimum Gasteiger partial charge on any atom is -0.481 e. The number of nitrogens with one attached hydrogen (secondary N) is 1. The summed E-state index contributed by atoms with van der Waals surface area (Å²) in [6, 6.07) is -1.18. The van der Waals surface area contributed by atoms with Gasteiger partial charge in [-0.3, -0.25) is 9.59 Å².